The summed E-state index contributed by atoms with van der Waals surface area (Å²) < 4.78 is 9.31. The molecule has 0 aliphatic carbocycles. The molecular weight excluding hydrogens is 168 g/mol. The molecule has 0 unspecified atom stereocenters. The lowest BCUT2D eigenvalue weighted by molar-refractivity contribution is -0.132. The second kappa shape index (κ2) is 4.17. The molecule has 0 aliphatic heterocycles. The third kappa shape index (κ3) is 2.53. The first-order valence-electron chi connectivity index (χ1n) is 3.61. The van der Waals surface area contributed by atoms with Crippen LogP contribution in [0.5, 0.6) is 0 Å². The van der Waals surface area contributed by atoms with Gasteiger partial charge in [-0.3, -0.25) is 0 Å². The van der Waals surface area contributed by atoms with Crippen molar-refractivity contribution in [3.05, 3.63) is 36.3 Å². The number of hydrogen-bond donors (Lipinski definition) is 0. The Morgan fingerprint density at radius 2 is 2.54 bits per heavy atom. The van der Waals surface area contributed by atoms with Crippen LogP contribution in [0.4, 0.5) is 0 Å². The van der Waals surface area contributed by atoms with E-state index in [0.29, 0.717) is 12.2 Å². The average Bonchev–Trinajstić information content (AvgIpc) is 2.57. The van der Waals surface area contributed by atoms with Crippen molar-refractivity contribution in [2.75, 3.05) is 0 Å². The summed E-state index contributed by atoms with van der Waals surface area (Å²) in [6.45, 7) is 3.52. The molecule has 0 saturated heterocycles. The van der Waals surface area contributed by atoms with E-state index in [9.17, 15) is 4.79 Å². The Hall–Kier alpha value is -1.95. The second-order valence-corrected chi connectivity index (χ2v) is 2.37. The smallest absolute Gasteiger partial charge is 0.347 e. The molecule has 3 nitrogen and oxygen atoms in total. The highest BCUT2D eigenvalue weighted by molar-refractivity contribution is 5.88. The molecule has 0 spiro atoms. The molecule has 0 amide bonds. The van der Waals surface area contributed by atoms with Gasteiger partial charge < -0.3 is 9.15 Å². The summed E-state index contributed by atoms with van der Waals surface area (Å²) in [5.74, 6) is 0.0536. The fraction of sp³-hybridized carbons (Fsp3) is 0.100. The predicted molar refractivity (Wildman–Crippen MR) is 46.5 cm³/mol. The van der Waals surface area contributed by atoms with Crippen molar-refractivity contribution in [1.29, 1.82) is 0 Å². The summed E-state index contributed by atoms with van der Waals surface area (Å²) in [4.78, 5) is 11.0. The molecule has 0 bridgehead atoms. The van der Waals surface area contributed by atoms with E-state index in [0.717, 1.165) is 0 Å². The molecule has 0 saturated carbocycles. The van der Waals surface area contributed by atoms with Crippen LogP contribution < -0.4 is 0 Å². The van der Waals surface area contributed by atoms with Crippen LogP contribution in [0.1, 0.15) is 5.76 Å². The molecule has 0 aliphatic rings. The van der Waals surface area contributed by atoms with Gasteiger partial charge in [0.15, 0.2) is 0 Å². The van der Waals surface area contributed by atoms with Crippen molar-refractivity contribution in [1.82, 2.24) is 0 Å². The van der Waals surface area contributed by atoms with Gasteiger partial charge in [0.25, 0.3) is 0 Å². The molecular formula is C10H8O3. The molecule has 66 valence electrons. The van der Waals surface area contributed by atoms with Gasteiger partial charge in [0.05, 0.1) is 6.26 Å². The number of terminal acetylenes is 1. The lowest BCUT2D eigenvalue weighted by Crippen LogP contribution is -2.05. The van der Waals surface area contributed by atoms with Gasteiger partial charge in [-0.05, 0) is 12.1 Å². The SMILES string of the molecule is C#COC(=O)C(=C)Cc1ccco1. The highest BCUT2D eigenvalue weighted by Crippen LogP contribution is 2.07. The summed E-state index contributed by atoms with van der Waals surface area (Å²) in [7, 11) is 0. The van der Waals surface area contributed by atoms with Crippen LogP contribution in [0.3, 0.4) is 0 Å². The van der Waals surface area contributed by atoms with Crippen LogP contribution in [0, 0.1) is 12.5 Å². The maximum Gasteiger partial charge on any atom is 0.347 e. The van der Waals surface area contributed by atoms with E-state index in [-0.39, 0.29) is 5.57 Å². The quantitative estimate of drug-likeness (QED) is 0.398. The first-order chi connectivity index (χ1) is 6.24. The maximum absolute atomic E-state index is 11.0. The Kier molecular flexibility index (Phi) is 2.93. The molecule has 0 fully saturated rings. The molecule has 3 heteroatoms. The molecule has 0 radical (unpaired) electrons. The molecule has 0 aromatic carbocycles. The second-order valence-electron chi connectivity index (χ2n) is 2.37. The number of carbonyl (C=O) groups excluding carboxylic acids is 1. The highest BCUT2D eigenvalue weighted by Gasteiger charge is 2.09. The minimum Gasteiger partial charge on any atom is -0.469 e. The standard InChI is InChI=1S/C10H8O3/c1-3-12-10(11)8(2)7-9-5-4-6-13-9/h1,4-6H,2,7H2. The maximum atomic E-state index is 11.0. The third-order valence-corrected chi connectivity index (χ3v) is 1.41. The number of carbonyl (C=O) groups is 1. The van der Waals surface area contributed by atoms with Crippen LogP contribution in [0.2, 0.25) is 0 Å². The number of esters is 1. The van der Waals surface area contributed by atoms with E-state index < -0.39 is 5.97 Å². The number of furan rings is 1. The highest BCUT2D eigenvalue weighted by atomic mass is 16.5. The van der Waals surface area contributed by atoms with Crippen molar-refractivity contribution in [2.24, 2.45) is 0 Å². The Morgan fingerprint density at radius 1 is 1.77 bits per heavy atom. The Bertz CT molecular complexity index is 341. The van der Waals surface area contributed by atoms with E-state index in [1.54, 1.807) is 18.2 Å². The molecule has 0 atom stereocenters. The van der Waals surface area contributed by atoms with Crippen LogP contribution in [-0.2, 0) is 16.0 Å². The zero-order valence-corrected chi connectivity index (χ0v) is 6.95. The van der Waals surface area contributed by atoms with E-state index in [4.69, 9.17) is 10.8 Å². The topological polar surface area (TPSA) is 39.4 Å². The van der Waals surface area contributed by atoms with Gasteiger partial charge in [0, 0.05) is 12.0 Å². The Labute approximate surface area is 76.0 Å². The van der Waals surface area contributed by atoms with Crippen molar-refractivity contribution in [2.45, 2.75) is 6.42 Å². The molecule has 13 heavy (non-hydrogen) atoms. The lowest BCUT2D eigenvalue weighted by Gasteiger charge is -1.98. The zero-order valence-electron chi connectivity index (χ0n) is 6.95. The first-order valence-corrected chi connectivity index (χ1v) is 3.61. The number of hydrogen-bond acceptors (Lipinski definition) is 3. The zero-order chi connectivity index (χ0) is 9.68. The average molecular weight is 176 g/mol. The third-order valence-electron chi connectivity index (χ3n) is 1.41. The molecule has 1 aromatic heterocycles. The summed E-state index contributed by atoms with van der Waals surface area (Å²) in [6, 6.07) is 3.48. The predicted octanol–water partition coefficient (Wildman–Crippen LogP) is 1.51. The minimum absolute atomic E-state index is 0.271. The van der Waals surface area contributed by atoms with Crippen LogP contribution in [0.25, 0.3) is 0 Å². The normalized spacial score (nSPS) is 8.85. The lowest BCUT2D eigenvalue weighted by atomic mass is 10.2. The molecule has 1 aromatic rings. The number of ether oxygens (including phenoxy) is 1. The summed E-state index contributed by atoms with van der Waals surface area (Å²) in [5.41, 5.74) is 0.271. The molecule has 0 N–H and O–H groups in total. The van der Waals surface area contributed by atoms with E-state index in [1.165, 1.54) is 6.26 Å². The fourth-order valence-corrected chi connectivity index (χ4v) is 0.821. The van der Waals surface area contributed by atoms with Crippen molar-refractivity contribution in [3.63, 3.8) is 0 Å². The van der Waals surface area contributed by atoms with Gasteiger partial charge in [-0.2, -0.15) is 0 Å². The Morgan fingerprint density at radius 3 is 3.08 bits per heavy atom. The first kappa shape index (κ1) is 9.14. The van der Waals surface area contributed by atoms with Crippen molar-refractivity contribution in [3.8, 4) is 12.5 Å². The number of rotatable bonds is 3. The van der Waals surface area contributed by atoms with Gasteiger partial charge >= 0.3 is 5.97 Å². The minimum atomic E-state index is -0.598. The largest absolute Gasteiger partial charge is 0.469 e. The summed E-state index contributed by atoms with van der Waals surface area (Å²) in [6.07, 6.45) is 8.41. The van der Waals surface area contributed by atoms with Gasteiger partial charge in [0.1, 0.15) is 11.9 Å². The molecule has 1 rings (SSSR count). The van der Waals surface area contributed by atoms with Crippen LogP contribution in [0.15, 0.2) is 35.0 Å². The van der Waals surface area contributed by atoms with E-state index in [1.807, 2.05) is 0 Å². The Balaban J connectivity index is 2.52. The van der Waals surface area contributed by atoms with E-state index in [2.05, 4.69) is 11.3 Å². The van der Waals surface area contributed by atoms with Crippen molar-refractivity contribution >= 4 is 5.97 Å². The fourth-order valence-electron chi connectivity index (χ4n) is 0.821. The van der Waals surface area contributed by atoms with Gasteiger partial charge in [0.2, 0.25) is 0 Å². The van der Waals surface area contributed by atoms with Crippen LogP contribution in [-0.4, -0.2) is 5.97 Å². The van der Waals surface area contributed by atoms with Gasteiger partial charge in [-0.15, -0.1) is 0 Å². The van der Waals surface area contributed by atoms with Crippen molar-refractivity contribution < 1.29 is 13.9 Å². The monoisotopic (exact) mass is 176 g/mol. The van der Waals surface area contributed by atoms with Crippen LogP contribution >= 0.6 is 0 Å². The summed E-state index contributed by atoms with van der Waals surface area (Å²) >= 11 is 0. The molecule has 1 heterocycles. The van der Waals surface area contributed by atoms with E-state index >= 15 is 0 Å². The van der Waals surface area contributed by atoms with Gasteiger partial charge in [-0.1, -0.05) is 13.0 Å². The van der Waals surface area contributed by atoms with Gasteiger partial charge in [-0.25, -0.2) is 4.79 Å². The summed E-state index contributed by atoms with van der Waals surface area (Å²) in [5, 5.41) is 0.